The third-order valence-electron chi connectivity index (χ3n) is 1.40. The van der Waals surface area contributed by atoms with E-state index in [0.717, 1.165) is 0 Å². The molecule has 0 spiro atoms. The fourth-order valence-corrected chi connectivity index (χ4v) is 0.875. The number of aliphatic imine (C=N–C) groups is 1. The topological polar surface area (TPSA) is 63.4 Å². The molecule has 0 aromatic carbocycles. The van der Waals surface area contributed by atoms with Crippen molar-refractivity contribution < 1.29 is 9.53 Å². The van der Waals surface area contributed by atoms with E-state index in [1.807, 2.05) is 20.8 Å². The minimum Gasteiger partial charge on any atom is -0.461 e. The first-order valence-electron chi connectivity index (χ1n) is 4.85. The van der Waals surface area contributed by atoms with Crippen LogP contribution in [0.15, 0.2) is 15.2 Å². The fraction of sp³-hybridized carbons (Fsp3) is 0.800. The Morgan fingerprint density at radius 3 is 2.25 bits per heavy atom. The van der Waals surface area contributed by atoms with Crippen molar-refractivity contribution in [2.75, 3.05) is 6.61 Å². The molecule has 90 valence electrons. The van der Waals surface area contributed by atoms with Crippen LogP contribution in [0.3, 0.4) is 0 Å². The lowest BCUT2D eigenvalue weighted by Crippen LogP contribution is -2.28. The smallest absolute Gasteiger partial charge is 0.302 e. The van der Waals surface area contributed by atoms with Gasteiger partial charge in [0.15, 0.2) is 0 Å². The number of azo groups is 1. The van der Waals surface area contributed by atoms with Gasteiger partial charge in [-0.05, 0) is 39.9 Å². The average molecular weight is 243 g/mol. The quantitative estimate of drug-likeness (QED) is 0.330. The predicted octanol–water partition coefficient (Wildman–Crippen LogP) is 2.62. The van der Waals surface area contributed by atoms with Crippen LogP contribution in [0.5, 0.6) is 0 Å². The molecular weight excluding hydrogens is 226 g/mol. The largest absolute Gasteiger partial charge is 0.461 e. The van der Waals surface area contributed by atoms with E-state index in [4.69, 9.17) is 4.74 Å². The summed E-state index contributed by atoms with van der Waals surface area (Å²) >= 11 is 4.53. The molecule has 0 aliphatic heterocycles. The van der Waals surface area contributed by atoms with Gasteiger partial charge in [0.05, 0.1) is 10.7 Å². The number of esters is 1. The normalized spacial score (nSPS) is 15.3. The van der Waals surface area contributed by atoms with Gasteiger partial charge in [-0.15, -0.1) is 0 Å². The molecule has 0 aromatic heterocycles. The summed E-state index contributed by atoms with van der Waals surface area (Å²) in [5.74, 6) is -0.392. The van der Waals surface area contributed by atoms with Crippen LogP contribution in [0.2, 0.25) is 0 Å². The summed E-state index contributed by atoms with van der Waals surface area (Å²) < 4.78 is 4.85. The van der Waals surface area contributed by atoms with Crippen molar-refractivity contribution in [2.45, 2.75) is 45.8 Å². The highest BCUT2D eigenvalue weighted by Gasteiger charge is 2.25. The summed E-state index contributed by atoms with van der Waals surface area (Å²) in [4.78, 5) is 14.6. The first kappa shape index (κ1) is 14.9. The summed E-state index contributed by atoms with van der Waals surface area (Å²) in [6, 6.07) is 0. The second-order valence-corrected chi connectivity index (χ2v) is 4.75. The Morgan fingerprint density at radius 1 is 1.31 bits per heavy atom. The third kappa shape index (κ3) is 7.20. The molecule has 5 nitrogen and oxygen atoms in total. The van der Waals surface area contributed by atoms with Crippen molar-refractivity contribution in [1.82, 2.24) is 0 Å². The molecule has 16 heavy (non-hydrogen) atoms. The Morgan fingerprint density at radius 2 is 1.88 bits per heavy atom. The van der Waals surface area contributed by atoms with Gasteiger partial charge in [-0.25, -0.2) is 0 Å². The van der Waals surface area contributed by atoms with Gasteiger partial charge >= 0.3 is 5.97 Å². The van der Waals surface area contributed by atoms with Gasteiger partial charge in [0.1, 0.15) is 6.61 Å². The summed E-state index contributed by atoms with van der Waals surface area (Å²) in [7, 11) is 0. The molecule has 0 N–H and O–H groups in total. The summed E-state index contributed by atoms with van der Waals surface area (Å²) in [6.45, 7) is 8.72. The third-order valence-corrected chi connectivity index (χ3v) is 1.49. The van der Waals surface area contributed by atoms with E-state index in [2.05, 4.69) is 32.6 Å². The zero-order chi connectivity index (χ0) is 12.8. The zero-order valence-corrected chi connectivity index (χ0v) is 11.1. The van der Waals surface area contributed by atoms with Gasteiger partial charge in [0, 0.05) is 6.92 Å². The Balaban J connectivity index is 4.76. The van der Waals surface area contributed by atoms with Gasteiger partial charge in [-0.1, -0.05) is 0 Å². The van der Waals surface area contributed by atoms with Crippen LogP contribution in [-0.2, 0) is 9.53 Å². The van der Waals surface area contributed by atoms with E-state index < -0.39 is 11.6 Å². The number of ether oxygens (including phenoxy) is 1. The molecule has 0 aliphatic carbocycles. The van der Waals surface area contributed by atoms with Crippen molar-refractivity contribution in [1.29, 1.82) is 0 Å². The number of carbonyl (C=O) groups is 1. The van der Waals surface area contributed by atoms with E-state index in [-0.39, 0.29) is 12.1 Å². The monoisotopic (exact) mass is 243 g/mol. The number of hydrogen-bond donors (Lipinski definition) is 0. The van der Waals surface area contributed by atoms with Gasteiger partial charge in [0.2, 0.25) is 5.66 Å². The molecule has 6 heteroatoms. The van der Waals surface area contributed by atoms with Crippen LogP contribution in [-0.4, -0.2) is 28.9 Å². The molecular formula is C10H17N3O2S. The second kappa shape index (κ2) is 5.82. The number of thiocarbonyl (C=S) groups is 1. The standard InChI is InChI=1S/C10H17N3O2S/c1-8(14)15-6-10(5,11-7-16)13-12-9(2,3)4/h6H2,1-5H3/b13-12+. The van der Waals surface area contributed by atoms with Crippen LogP contribution in [0, 0.1) is 0 Å². The van der Waals surface area contributed by atoms with Crippen LogP contribution in [0.4, 0.5) is 0 Å². The van der Waals surface area contributed by atoms with E-state index in [1.165, 1.54) is 6.92 Å². The van der Waals surface area contributed by atoms with E-state index in [0.29, 0.717) is 0 Å². The van der Waals surface area contributed by atoms with Gasteiger partial charge < -0.3 is 4.74 Å². The van der Waals surface area contributed by atoms with Crippen LogP contribution in [0.1, 0.15) is 34.6 Å². The number of isothiocyanates is 1. The highest BCUT2D eigenvalue weighted by Crippen LogP contribution is 2.17. The van der Waals surface area contributed by atoms with Crippen molar-refractivity contribution in [3.05, 3.63) is 0 Å². The first-order chi connectivity index (χ1) is 7.18. The van der Waals surface area contributed by atoms with Gasteiger partial charge in [-0.2, -0.15) is 15.2 Å². The van der Waals surface area contributed by atoms with Crippen LogP contribution in [0.25, 0.3) is 0 Å². The Labute approximate surface area is 101 Å². The number of carbonyl (C=O) groups excluding carboxylic acids is 1. The van der Waals surface area contributed by atoms with Gasteiger partial charge in [0.25, 0.3) is 0 Å². The van der Waals surface area contributed by atoms with E-state index in [9.17, 15) is 4.79 Å². The maximum absolute atomic E-state index is 10.7. The van der Waals surface area contributed by atoms with Crippen molar-refractivity contribution in [3.63, 3.8) is 0 Å². The maximum atomic E-state index is 10.7. The second-order valence-electron chi connectivity index (χ2n) is 4.57. The molecule has 1 unspecified atom stereocenters. The summed E-state index contributed by atoms with van der Waals surface area (Å²) in [5, 5.41) is 10.4. The maximum Gasteiger partial charge on any atom is 0.302 e. The Hall–Kier alpha value is -1.13. The van der Waals surface area contributed by atoms with Crippen molar-refractivity contribution >= 4 is 23.3 Å². The summed E-state index contributed by atoms with van der Waals surface area (Å²) in [5.41, 5.74) is -1.30. The van der Waals surface area contributed by atoms with E-state index in [1.54, 1.807) is 6.92 Å². The highest BCUT2D eigenvalue weighted by molar-refractivity contribution is 7.78. The molecule has 0 saturated carbocycles. The average Bonchev–Trinajstić information content (AvgIpc) is 2.12. The number of nitrogens with zero attached hydrogens (tertiary/aromatic N) is 3. The minimum atomic E-state index is -0.985. The van der Waals surface area contributed by atoms with E-state index >= 15 is 0 Å². The molecule has 0 aliphatic rings. The minimum absolute atomic E-state index is 0.00551. The molecule has 0 heterocycles. The molecule has 0 bridgehead atoms. The number of hydrogen-bond acceptors (Lipinski definition) is 6. The fourth-order valence-electron chi connectivity index (χ4n) is 0.678. The molecule has 0 fully saturated rings. The van der Waals surface area contributed by atoms with Crippen LogP contribution >= 0.6 is 12.2 Å². The van der Waals surface area contributed by atoms with Gasteiger partial charge in [-0.3, -0.25) is 4.79 Å². The van der Waals surface area contributed by atoms with Crippen molar-refractivity contribution in [2.24, 2.45) is 15.2 Å². The highest BCUT2D eigenvalue weighted by atomic mass is 32.1. The van der Waals surface area contributed by atoms with Crippen LogP contribution < -0.4 is 0 Å². The lowest BCUT2D eigenvalue weighted by molar-refractivity contribution is -0.142. The molecule has 0 radical (unpaired) electrons. The Kier molecular flexibility index (Phi) is 5.41. The summed E-state index contributed by atoms with van der Waals surface area (Å²) in [6.07, 6.45) is 0. The molecule has 1 atom stereocenters. The predicted molar refractivity (Wildman–Crippen MR) is 64.7 cm³/mol. The molecule has 0 saturated heterocycles. The SMILES string of the molecule is CC(=O)OCC(C)(N=C=S)/N=N/C(C)(C)C. The van der Waals surface area contributed by atoms with Crippen molar-refractivity contribution in [3.8, 4) is 0 Å². The first-order valence-corrected chi connectivity index (χ1v) is 5.26. The molecule has 0 amide bonds. The Bertz CT molecular complexity index is 329. The molecule has 0 rings (SSSR count). The number of rotatable bonds is 4. The lowest BCUT2D eigenvalue weighted by Gasteiger charge is -2.19. The zero-order valence-electron chi connectivity index (χ0n) is 10.3. The lowest BCUT2D eigenvalue weighted by atomic mass is 10.1. The molecule has 0 aromatic rings.